The first-order valence-electron chi connectivity index (χ1n) is 5.37. The highest BCUT2D eigenvalue weighted by Crippen LogP contribution is 2.20. The fraction of sp³-hybridized carbons (Fsp3) is 0.154. The second kappa shape index (κ2) is 5.54. The zero-order chi connectivity index (χ0) is 13.1. The molecular weight excluding hydrogens is 302 g/mol. The van der Waals surface area contributed by atoms with Crippen molar-refractivity contribution in [3.05, 3.63) is 63.9 Å². The van der Waals surface area contributed by atoms with Crippen molar-refractivity contribution in [2.24, 2.45) is 5.73 Å². The van der Waals surface area contributed by atoms with Gasteiger partial charge >= 0.3 is 0 Å². The molecule has 2 N–H and O–H groups in total. The number of aromatic nitrogens is 1. The van der Waals surface area contributed by atoms with Crippen molar-refractivity contribution < 1.29 is 8.78 Å². The van der Waals surface area contributed by atoms with Crippen LogP contribution in [-0.2, 0) is 6.42 Å². The molecule has 0 aliphatic carbocycles. The highest BCUT2D eigenvalue weighted by atomic mass is 79.9. The minimum absolute atomic E-state index is 0.192. The Hall–Kier alpha value is -1.33. The Balaban J connectivity index is 2.21. The smallest absolute Gasteiger partial charge is 0.146 e. The maximum absolute atomic E-state index is 13.5. The summed E-state index contributed by atoms with van der Waals surface area (Å²) in [6.07, 6.45) is 1.81. The van der Waals surface area contributed by atoms with Gasteiger partial charge in [-0.25, -0.2) is 8.78 Å². The summed E-state index contributed by atoms with van der Waals surface area (Å²) in [6, 6.07) is 6.71. The van der Waals surface area contributed by atoms with Gasteiger partial charge in [0, 0.05) is 10.7 Å². The van der Waals surface area contributed by atoms with Gasteiger partial charge < -0.3 is 5.73 Å². The average molecular weight is 313 g/mol. The first-order chi connectivity index (χ1) is 8.56. The third-order valence-electron chi connectivity index (χ3n) is 2.52. The topological polar surface area (TPSA) is 38.9 Å². The lowest BCUT2D eigenvalue weighted by Crippen LogP contribution is -2.16. The van der Waals surface area contributed by atoms with Gasteiger partial charge in [-0.2, -0.15) is 0 Å². The van der Waals surface area contributed by atoms with Crippen molar-refractivity contribution >= 4 is 15.9 Å². The lowest BCUT2D eigenvalue weighted by molar-refractivity contribution is 0.562. The van der Waals surface area contributed by atoms with Crippen LogP contribution in [0.5, 0.6) is 0 Å². The molecule has 1 heterocycles. The van der Waals surface area contributed by atoms with E-state index >= 15 is 0 Å². The molecule has 0 amide bonds. The third kappa shape index (κ3) is 3.11. The van der Waals surface area contributed by atoms with E-state index in [2.05, 4.69) is 20.9 Å². The molecule has 1 unspecified atom stereocenters. The molecule has 1 aromatic heterocycles. The zero-order valence-corrected chi connectivity index (χ0v) is 11.0. The number of halogens is 3. The van der Waals surface area contributed by atoms with Gasteiger partial charge in [0.1, 0.15) is 11.6 Å². The van der Waals surface area contributed by atoms with E-state index in [9.17, 15) is 8.78 Å². The van der Waals surface area contributed by atoms with Gasteiger partial charge in [-0.3, -0.25) is 4.98 Å². The van der Waals surface area contributed by atoms with Crippen molar-refractivity contribution in [1.82, 2.24) is 4.98 Å². The number of benzene rings is 1. The van der Waals surface area contributed by atoms with Crippen LogP contribution in [0, 0.1) is 11.6 Å². The van der Waals surface area contributed by atoms with E-state index in [-0.39, 0.29) is 11.5 Å². The minimum atomic E-state index is -0.597. The molecule has 1 atom stereocenters. The molecule has 2 rings (SSSR count). The second-order valence-electron chi connectivity index (χ2n) is 3.96. The third-order valence-corrected chi connectivity index (χ3v) is 2.97. The minimum Gasteiger partial charge on any atom is -0.322 e. The highest BCUT2D eigenvalue weighted by Gasteiger charge is 2.13. The number of pyridine rings is 1. The molecule has 94 valence electrons. The van der Waals surface area contributed by atoms with E-state index in [4.69, 9.17) is 5.73 Å². The van der Waals surface area contributed by atoms with Gasteiger partial charge in [-0.1, -0.05) is 15.9 Å². The van der Waals surface area contributed by atoms with E-state index in [0.29, 0.717) is 16.5 Å². The van der Waals surface area contributed by atoms with Gasteiger partial charge in [0.25, 0.3) is 0 Å². The molecule has 2 aromatic rings. The molecule has 18 heavy (non-hydrogen) atoms. The Bertz CT molecular complexity index is 540. The largest absolute Gasteiger partial charge is 0.322 e. The Morgan fingerprint density at radius 1 is 1.28 bits per heavy atom. The monoisotopic (exact) mass is 312 g/mol. The van der Waals surface area contributed by atoms with E-state index < -0.39 is 11.9 Å². The fourth-order valence-corrected chi connectivity index (χ4v) is 2.26. The Kier molecular flexibility index (Phi) is 4.04. The SMILES string of the molecule is NC(Cc1cc(F)cc(Br)c1)c1ncccc1F. The molecule has 0 fully saturated rings. The van der Waals surface area contributed by atoms with Crippen LogP contribution in [0.1, 0.15) is 17.3 Å². The van der Waals surface area contributed by atoms with Crippen molar-refractivity contribution in [2.75, 3.05) is 0 Å². The van der Waals surface area contributed by atoms with Gasteiger partial charge in [0.15, 0.2) is 0 Å². The number of hydrogen-bond acceptors (Lipinski definition) is 2. The van der Waals surface area contributed by atoms with Crippen LogP contribution in [0.15, 0.2) is 41.0 Å². The molecule has 0 radical (unpaired) electrons. The number of hydrogen-bond donors (Lipinski definition) is 1. The summed E-state index contributed by atoms with van der Waals surface area (Å²) in [5, 5.41) is 0. The van der Waals surface area contributed by atoms with Crippen molar-refractivity contribution in [1.29, 1.82) is 0 Å². The number of nitrogens with two attached hydrogens (primary N) is 1. The zero-order valence-electron chi connectivity index (χ0n) is 9.41. The molecule has 0 spiro atoms. The first kappa shape index (κ1) is 13.1. The lowest BCUT2D eigenvalue weighted by atomic mass is 10.0. The highest BCUT2D eigenvalue weighted by molar-refractivity contribution is 9.10. The van der Waals surface area contributed by atoms with E-state index in [1.54, 1.807) is 6.07 Å². The predicted octanol–water partition coefficient (Wildman–Crippen LogP) is 3.36. The summed E-state index contributed by atoms with van der Waals surface area (Å²) in [5.74, 6) is -0.798. The van der Waals surface area contributed by atoms with Gasteiger partial charge in [-0.15, -0.1) is 0 Å². The summed E-state index contributed by atoms with van der Waals surface area (Å²) >= 11 is 3.20. The molecule has 5 heteroatoms. The molecule has 0 aliphatic rings. The van der Waals surface area contributed by atoms with Gasteiger partial charge in [-0.05, 0) is 42.3 Å². The molecule has 2 nitrogen and oxygen atoms in total. The molecular formula is C13H11BrF2N2. The molecule has 0 saturated carbocycles. The normalized spacial score (nSPS) is 12.4. The van der Waals surface area contributed by atoms with Crippen molar-refractivity contribution in [3.8, 4) is 0 Å². The summed E-state index contributed by atoms with van der Waals surface area (Å²) in [4.78, 5) is 3.91. The summed E-state index contributed by atoms with van der Waals surface area (Å²) in [6.45, 7) is 0. The quantitative estimate of drug-likeness (QED) is 0.943. The molecule has 0 bridgehead atoms. The summed E-state index contributed by atoms with van der Waals surface area (Å²) < 4.78 is 27.3. The standard InChI is InChI=1S/C13H11BrF2N2/c14-9-4-8(5-10(15)7-9)6-12(17)13-11(16)2-1-3-18-13/h1-5,7,12H,6,17H2. The molecule has 0 aliphatic heterocycles. The van der Waals surface area contributed by atoms with Crippen molar-refractivity contribution in [3.63, 3.8) is 0 Å². The predicted molar refractivity (Wildman–Crippen MR) is 68.9 cm³/mol. The maximum Gasteiger partial charge on any atom is 0.146 e. The second-order valence-corrected chi connectivity index (χ2v) is 4.87. The van der Waals surface area contributed by atoms with Gasteiger partial charge in [0.05, 0.1) is 11.7 Å². The average Bonchev–Trinajstić information content (AvgIpc) is 2.27. The molecule has 0 saturated heterocycles. The van der Waals surface area contributed by atoms with Crippen molar-refractivity contribution in [2.45, 2.75) is 12.5 Å². The van der Waals surface area contributed by atoms with Crippen LogP contribution in [0.2, 0.25) is 0 Å². The van der Waals surface area contributed by atoms with Crippen LogP contribution >= 0.6 is 15.9 Å². The van der Waals surface area contributed by atoms with Gasteiger partial charge in [0.2, 0.25) is 0 Å². The Labute approximate surface area is 112 Å². The van der Waals surface area contributed by atoms with E-state index in [0.717, 1.165) is 0 Å². The number of rotatable bonds is 3. The van der Waals surface area contributed by atoms with E-state index in [1.807, 2.05) is 0 Å². The lowest BCUT2D eigenvalue weighted by Gasteiger charge is -2.12. The van der Waals surface area contributed by atoms with Crippen LogP contribution in [-0.4, -0.2) is 4.98 Å². The number of nitrogens with zero attached hydrogens (tertiary/aromatic N) is 1. The molecule has 1 aromatic carbocycles. The Morgan fingerprint density at radius 2 is 2.06 bits per heavy atom. The summed E-state index contributed by atoms with van der Waals surface area (Å²) in [7, 11) is 0. The van der Waals surface area contributed by atoms with E-state index in [1.165, 1.54) is 30.5 Å². The Morgan fingerprint density at radius 3 is 2.72 bits per heavy atom. The van der Waals surface area contributed by atoms with Crippen LogP contribution < -0.4 is 5.73 Å². The first-order valence-corrected chi connectivity index (χ1v) is 6.16. The fourth-order valence-electron chi connectivity index (χ4n) is 1.75. The summed E-state index contributed by atoms with van der Waals surface area (Å²) in [5.41, 5.74) is 6.77. The maximum atomic E-state index is 13.5. The van der Waals surface area contributed by atoms with Crippen LogP contribution in [0.25, 0.3) is 0 Å². The van der Waals surface area contributed by atoms with Crippen LogP contribution in [0.4, 0.5) is 8.78 Å². The van der Waals surface area contributed by atoms with Crippen LogP contribution in [0.3, 0.4) is 0 Å².